The number of pyridine rings is 1. The lowest BCUT2D eigenvalue weighted by molar-refractivity contribution is 0.381. The smallest absolute Gasteiger partial charge is 0.144 e. The minimum Gasteiger partial charge on any atom is -0.368 e. The molecular weight excluding hydrogens is 274 g/mol. The van der Waals surface area contributed by atoms with Gasteiger partial charge in [0, 0.05) is 38.1 Å². The summed E-state index contributed by atoms with van der Waals surface area (Å²) in [5.41, 5.74) is 0.473. The zero-order chi connectivity index (χ0) is 13.9. The lowest BCUT2D eigenvalue weighted by Crippen LogP contribution is -2.26. The molecule has 0 fully saturated rings. The van der Waals surface area contributed by atoms with E-state index in [1.807, 2.05) is 18.5 Å². The van der Waals surface area contributed by atoms with E-state index < -0.39 is 0 Å². The summed E-state index contributed by atoms with van der Waals surface area (Å²) in [5.74, 6) is 2.34. The molecule has 0 saturated heterocycles. The van der Waals surface area contributed by atoms with Crippen LogP contribution >= 0.6 is 11.6 Å². The minimum atomic E-state index is 0.473. The van der Waals surface area contributed by atoms with Gasteiger partial charge < -0.3 is 9.88 Å². The summed E-state index contributed by atoms with van der Waals surface area (Å²) in [4.78, 5) is 8.50. The summed E-state index contributed by atoms with van der Waals surface area (Å²) < 4.78 is 2.20. The Morgan fingerprint density at radius 2 is 2.40 bits per heavy atom. The molecule has 0 spiro atoms. The van der Waals surface area contributed by atoms with Crippen LogP contribution in [-0.2, 0) is 13.0 Å². The van der Waals surface area contributed by atoms with Crippen LogP contribution in [0.4, 0.5) is 5.82 Å². The molecule has 0 aliphatic carbocycles. The Hall–Kier alpha value is -2.06. The average Bonchev–Trinajstić information content (AvgIpc) is 2.93. The third kappa shape index (κ3) is 2.61. The van der Waals surface area contributed by atoms with Crippen molar-refractivity contribution in [3.63, 3.8) is 0 Å². The SMILES string of the molecule is N#Cc1cnc(NC[C@@H]2CCc3nccn3C2)c(Cl)c1. The molecule has 20 heavy (non-hydrogen) atoms. The van der Waals surface area contributed by atoms with Gasteiger partial charge in [-0.05, 0) is 18.4 Å². The highest BCUT2D eigenvalue weighted by molar-refractivity contribution is 6.33. The second-order valence-electron chi connectivity index (χ2n) is 4.95. The van der Waals surface area contributed by atoms with Gasteiger partial charge in [-0.25, -0.2) is 9.97 Å². The molecule has 0 radical (unpaired) electrons. The molecule has 0 unspecified atom stereocenters. The topological polar surface area (TPSA) is 66.5 Å². The predicted octanol–water partition coefficient (Wildman–Crippen LogP) is 2.48. The third-order valence-corrected chi connectivity index (χ3v) is 3.85. The van der Waals surface area contributed by atoms with Gasteiger partial charge in [-0.2, -0.15) is 5.26 Å². The van der Waals surface area contributed by atoms with Gasteiger partial charge in [0.15, 0.2) is 0 Å². The number of halogens is 1. The van der Waals surface area contributed by atoms with E-state index in [0.29, 0.717) is 22.3 Å². The van der Waals surface area contributed by atoms with Crippen LogP contribution in [0.3, 0.4) is 0 Å². The molecule has 1 aliphatic heterocycles. The van der Waals surface area contributed by atoms with E-state index in [1.165, 1.54) is 6.20 Å². The number of aromatic nitrogens is 3. The molecule has 5 nitrogen and oxygen atoms in total. The lowest BCUT2D eigenvalue weighted by atomic mass is 9.99. The van der Waals surface area contributed by atoms with Gasteiger partial charge in [0.2, 0.25) is 0 Å². The first-order chi connectivity index (χ1) is 9.76. The monoisotopic (exact) mass is 287 g/mol. The first-order valence-electron chi connectivity index (χ1n) is 6.56. The molecule has 6 heteroatoms. The Morgan fingerprint density at radius 1 is 1.50 bits per heavy atom. The van der Waals surface area contributed by atoms with Crippen LogP contribution in [-0.4, -0.2) is 21.1 Å². The van der Waals surface area contributed by atoms with Crippen molar-refractivity contribution in [1.29, 1.82) is 5.26 Å². The Morgan fingerprint density at radius 3 is 3.20 bits per heavy atom. The highest BCUT2D eigenvalue weighted by Gasteiger charge is 2.18. The second kappa shape index (κ2) is 5.51. The van der Waals surface area contributed by atoms with Crippen LogP contribution in [0.5, 0.6) is 0 Å². The maximum atomic E-state index is 8.78. The Labute approximate surface area is 122 Å². The van der Waals surface area contributed by atoms with Crippen molar-refractivity contribution in [2.75, 3.05) is 11.9 Å². The number of hydrogen-bond acceptors (Lipinski definition) is 4. The van der Waals surface area contributed by atoms with Crippen molar-refractivity contribution in [1.82, 2.24) is 14.5 Å². The van der Waals surface area contributed by atoms with Gasteiger partial charge in [-0.15, -0.1) is 0 Å². The number of nitrogens with zero attached hydrogens (tertiary/aromatic N) is 4. The lowest BCUT2D eigenvalue weighted by Gasteiger charge is -2.24. The number of imidazole rings is 1. The van der Waals surface area contributed by atoms with Crippen LogP contribution in [0, 0.1) is 17.2 Å². The highest BCUT2D eigenvalue weighted by Crippen LogP contribution is 2.22. The number of anilines is 1. The van der Waals surface area contributed by atoms with E-state index in [9.17, 15) is 0 Å². The Bertz CT molecular complexity index is 658. The molecule has 0 bridgehead atoms. The first kappa shape index (κ1) is 12.9. The molecule has 0 amide bonds. The van der Waals surface area contributed by atoms with E-state index in [0.717, 1.165) is 31.8 Å². The Kier molecular flexibility index (Phi) is 3.57. The predicted molar refractivity (Wildman–Crippen MR) is 76.5 cm³/mol. The van der Waals surface area contributed by atoms with Gasteiger partial charge in [0.25, 0.3) is 0 Å². The molecule has 2 aromatic heterocycles. The first-order valence-corrected chi connectivity index (χ1v) is 6.93. The van der Waals surface area contributed by atoms with Gasteiger partial charge in [-0.1, -0.05) is 11.6 Å². The van der Waals surface area contributed by atoms with Gasteiger partial charge in [-0.3, -0.25) is 0 Å². The minimum absolute atomic E-state index is 0.473. The summed E-state index contributed by atoms with van der Waals surface area (Å²) in [6.07, 6.45) is 7.52. The normalized spacial score (nSPS) is 17.3. The largest absolute Gasteiger partial charge is 0.368 e. The summed E-state index contributed by atoms with van der Waals surface area (Å²) in [7, 11) is 0. The van der Waals surface area contributed by atoms with E-state index in [1.54, 1.807) is 6.07 Å². The van der Waals surface area contributed by atoms with Gasteiger partial charge in [0.1, 0.15) is 17.7 Å². The molecule has 0 saturated carbocycles. The van der Waals surface area contributed by atoms with Crippen molar-refractivity contribution in [3.05, 3.63) is 41.1 Å². The van der Waals surface area contributed by atoms with Crippen molar-refractivity contribution in [2.24, 2.45) is 5.92 Å². The van der Waals surface area contributed by atoms with Crippen molar-refractivity contribution < 1.29 is 0 Å². The average molecular weight is 288 g/mol. The quantitative estimate of drug-likeness (QED) is 0.942. The molecular formula is C14H14ClN5. The van der Waals surface area contributed by atoms with Crippen molar-refractivity contribution >= 4 is 17.4 Å². The number of rotatable bonds is 3. The fraction of sp³-hybridized carbons (Fsp3) is 0.357. The summed E-state index contributed by atoms with van der Waals surface area (Å²) in [5, 5.41) is 12.5. The second-order valence-corrected chi connectivity index (χ2v) is 5.35. The van der Waals surface area contributed by atoms with Gasteiger partial charge >= 0.3 is 0 Å². The number of fused-ring (bicyclic) bond motifs is 1. The molecule has 0 aromatic carbocycles. The van der Waals surface area contributed by atoms with Crippen LogP contribution < -0.4 is 5.32 Å². The molecule has 102 valence electrons. The molecule has 1 N–H and O–H groups in total. The number of nitriles is 1. The van der Waals surface area contributed by atoms with E-state index in [-0.39, 0.29) is 0 Å². The van der Waals surface area contributed by atoms with E-state index in [4.69, 9.17) is 16.9 Å². The summed E-state index contributed by atoms with van der Waals surface area (Å²) in [6, 6.07) is 3.65. The van der Waals surface area contributed by atoms with Crippen molar-refractivity contribution in [2.45, 2.75) is 19.4 Å². The number of nitrogens with one attached hydrogen (secondary N) is 1. The fourth-order valence-electron chi connectivity index (χ4n) is 2.47. The fourth-order valence-corrected chi connectivity index (χ4v) is 2.71. The summed E-state index contributed by atoms with van der Waals surface area (Å²) in [6.45, 7) is 1.78. The standard InChI is InChI=1S/C14H14ClN5/c15-12-5-11(6-16)8-19-14(12)18-7-10-1-2-13-17-3-4-20(13)9-10/h3-5,8,10H,1-2,7,9H2,(H,18,19)/t10-/m0/s1. The van der Waals surface area contributed by atoms with Crippen LogP contribution in [0.25, 0.3) is 0 Å². The van der Waals surface area contributed by atoms with Crippen LogP contribution in [0.15, 0.2) is 24.7 Å². The molecule has 1 aliphatic rings. The maximum Gasteiger partial charge on any atom is 0.144 e. The number of hydrogen-bond donors (Lipinski definition) is 1. The highest BCUT2D eigenvalue weighted by atomic mass is 35.5. The van der Waals surface area contributed by atoms with E-state index in [2.05, 4.69) is 19.9 Å². The van der Waals surface area contributed by atoms with Gasteiger partial charge in [0.05, 0.1) is 10.6 Å². The zero-order valence-electron chi connectivity index (χ0n) is 10.9. The van der Waals surface area contributed by atoms with E-state index >= 15 is 0 Å². The Balaban J connectivity index is 1.62. The zero-order valence-corrected chi connectivity index (χ0v) is 11.6. The number of aryl methyl sites for hydroxylation is 1. The summed E-state index contributed by atoms with van der Waals surface area (Å²) >= 11 is 6.10. The molecule has 3 heterocycles. The maximum absolute atomic E-state index is 8.78. The third-order valence-electron chi connectivity index (χ3n) is 3.56. The van der Waals surface area contributed by atoms with Crippen LogP contribution in [0.1, 0.15) is 17.8 Å². The molecule has 2 aromatic rings. The van der Waals surface area contributed by atoms with Crippen molar-refractivity contribution in [3.8, 4) is 6.07 Å². The molecule has 1 atom stereocenters. The molecule has 3 rings (SSSR count). The van der Waals surface area contributed by atoms with Crippen LogP contribution in [0.2, 0.25) is 5.02 Å².